The largest absolute Gasteiger partial charge is 0.453 e. The highest BCUT2D eigenvalue weighted by Gasteiger charge is 2.37. The summed E-state index contributed by atoms with van der Waals surface area (Å²) in [7, 11) is 4.39. The van der Waals surface area contributed by atoms with Crippen LogP contribution in [0.1, 0.15) is 62.0 Å². The van der Waals surface area contributed by atoms with Crippen LogP contribution >= 0.6 is 0 Å². The number of nitrogens with one attached hydrogen (secondary N) is 4. The van der Waals surface area contributed by atoms with Gasteiger partial charge in [0.2, 0.25) is 11.8 Å². The number of methoxy groups -OCH3 is 2. The van der Waals surface area contributed by atoms with E-state index in [2.05, 4.69) is 64.6 Å². The summed E-state index contributed by atoms with van der Waals surface area (Å²) in [6.07, 6.45) is 9.17. The second-order valence-corrected chi connectivity index (χ2v) is 14.2. The van der Waals surface area contributed by atoms with Gasteiger partial charge < -0.3 is 44.4 Å². The number of likely N-dealkylation sites (tertiary alicyclic amines) is 2. The average Bonchev–Trinajstić information content (AvgIpc) is 4.07. The number of aromatic nitrogens is 6. The van der Waals surface area contributed by atoms with Gasteiger partial charge in [0.1, 0.15) is 23.7 Å². The molecule has 2 fully saturated rings. The van der Waals surface area contributed by atoms with Crippen LogP contribution in [0.2, 0.25) is 0 Å². The van der Waals surface area contributed by atoms with E-state index in [0.717, 1.165) is 59.3 Å². The second kappa shape index (κ2) is 16.5. The van der Waals surface area contributed by atoms with Crippen molar-refractivity contribution in [3.8, 4) is 33.6 Å². The molecule has 16 heteroatoms. The van der Waals surface area contributed by atoms with E-state index < -0.39 is 24.3 Å². The number of ether oxygens (including phenoxy) is 2. The Labute approximate surface area is 324 Å². The van der Waals surface area contributed by atoms with Gasteiger partial charge in [-0.15, -0.1) is 0 Å². The van der Waals surface area contributed by atoms with Crippen LogP contribution in [-0.4, -0.2) is 103 Å². The predicted octanol–water partition coefficient (Wildman–Crippen LogP) is 4.91. The van der Waals surface area contributed by atoms with Crippen molar-refractivity contribution in [1.29, 1.82) is 0 Å². The molecule has 16 nitrogen and oxygen atoms in total. The first-order chi connectivity index (χ1) is 27.1. The Morgan fingerprint density at radius 3 is 1.70 bits per heavy atom. The van der Waals surface area contributed by atoms with E-state index in [1.165, 1.54) is 14.2 Å². The third-order valence-corrected chi connectivity index (χ3v) is 10.5. The van der Waals surface area contributed by atoms with Crippen molar-refractivity contribution < 1.29 is 28.7 Å². The number of carbonyl (C=O) groups is 4. The number of amides is 4. The summed E-state index contributed by atoms with van der Waals surface area (Å²) >= 11 is 0. The van der Waals surface area contributed by atoms with Gasteiger partial charge in [-0.25, -0.2) is 24.5 Å². The molecule has 0 bridgehead atoms. The van der Waals surface area contributed by atoms with Gasteiger partial charge in [0, 0.05) is 32.8 Å². The Kier molecular flexibility index (Phi) is 11.2. The van der Waals surface area contributed by atoms with Gasteiger partial charge in [0.15, 0.2) is 0 Å². The first kappa shape index (κ1) is 37.8. The second-order valence-electron chi connectivity index (χ2n) is 14.2. The first-order valence-electron chi connectivity index (χ1n) is 18.7. The Morgan fingerprint density at radius 2 is 1.21 bits per heavy atom. The zero-order valence-corrected chi connectivity index (χ0v) is 31.8. The summed E-state index contributed by atoms with van der Waals surface area (Å²) in [4.78, 5) is 74.8. The summed E-state index contributed by atoms with van der Waals surface area (Å²) in [5, 5.41) is 5.25. The smallest absolute Gasteiger partial charge is 0.407 e. The molecule has 2 aromatic carbocycles. The van der Waals surface area contributed by atoms with Gasteiger partial charge in [0.25, 0.3) is 0 Å². The van der Waals surface area contributed by atoms with Crippen molar-refractivity contribution in [3.05, 3.63) is 90.8 Å². The monoisotopic (exact) mass is 762 g/mol. The average molecular weight is 763 g/mol. The summed E-state index contributed by atoms with van der Waals surface area (Å²) in [5.41, 5.74) is 6.40. The number of benzene rings is 2. The minimum absolute atomic E-state index is 0.177. The van der Waals surface area contributed by atoms with Crippen LogP contribution < -0.4 is 10.6 Å². The van der Waals surface area contributed by atoms with Crippen molar-refractivity contribution in [2.24, 2.45) is 7.05 Å². The molecule has 292 valence electrons. The fourth-order valence-electron chi connectivity index (χ4n) is 7.55. The third kappa shape index (κ3) is 8.13. The van der Waals surface area contributed by atoms with Crippen LogP contribution in [-0.2, 0) is 32.5 Å². The van der Waals surface area contributed by atoms with E-state index in [1.54, 1.807) is 40.0 Å². The molecule has 0 aliphatic carbocycles. The van der Waals surface area contributed by atoms with Crippen LogP contribution in [0.5, 0.6) is 0 Å². The maximum Gasteiger partial charge on any atom is 0.407 e. The lowest BCUT2D eigenvalue weighted by Gasteiger charge is -2.28. The Balaban J connectivity index is 0.995. The number of hydrogen-bond donors (Lipinski definition) is 4. The number of H-pyrrole nitrogens is 2. The van der Waals surface area contributed by atoms with Gasteiger partial charge >= 0.3 is 12.2 Å². The highest BCUT2D eigenvalue weighted by Crippen LogP contribution is 2.34. The molecule has 2 aliphatic heterocycles. The van der Waals surface area contributed by atoms with Gasteiger partial charge in [0.05, 0.1) is 62.1 Å². The lowest BCUT2D eigenvalue weighted by Crippen LogP contribution is -2.49. The van der Waals surface area contributed by atoms with Crippen LogP contribution in [0.4, 0.5) is 9.59 Å². The Morgan fingerprint density at radius 1 is 0.732 bits per heavy atom. The minimum atomic E-state index is -0.834. The number of alkyl carbamates (subject to hydrolysis) is 2. The number of rotatable bonds is 11. The van der Waals surface area contributed by atoms with Gasteiger partial charge in [-0.05, 0) is 54.9 Å². The molecule has 4 amide bonds. The van der Waals surface area contributed by atoms with Gasteiger partial charge in [-0.2, -0.15) is 0 Å². The van der Waals surface area contributed by atoms with E-state index in [0.29, 0.717) is 30.4 Å². The van der Waals surface area contributed by atoms with Crippen LogP contribution in [0.15, 0.2) is 73.4 Å². The Hall–Kier alpha value is -6.45. The van der Waals surface area contributed by atoms with E-state index in [9.17, 15) is 19.2 Å². The van der Waals surface area contributed by atoms with Crippen molar-refractivity contribution in [2.45, 2.75) is 63.2 Å². The quantitative estimate of drug-likeness (QED) is 0.145. The minimum Gasteiger partial charge on any atom is -0.453 e. The molecule has 3 aromatic heterocycles. The van der Waals surface area contributed by atoms with Gasteiger partial charge in [-0.1, -0.05) is 48.5 Å². The summed E-state index contributed by atoms with van der Waals surface area (Å²) in [6.45, 7) is 2.79. The first-order valence-corrected chi connectivity index (χ1v) is 18.7. The van der Waals surface area contributed by atoms with Gasteiger partial charge in [-0.3, -0.25) is 9.59 Å². The van der Waals surface area contributed by atoms with E-state index >= 15 is 0 Å². The molecule has 4 atom stereocenters. The molecule has 5 heterocycles. The topological polar surface area (TPSA) is 192 Å². The molecule has 2 saturated heterocycles. The van der Waals surface area contributed by atoms with Crippen LogP contribution in [0.25, 0.3) is 33.6 Å². The standard InChI is InChI=1S/C40H46N10O6/c1-24(44-39(53)55-3)37(51)49-17-5-7-33(49)35-41-20-31(45-35)27-13-9-25(10-14-27)26-11-15-28(16-12-26)32-21-42-36(46-32)34-8-6-18-50(34)38(52)30(47-40(54)56-4)19-29-22-48(2)23-43-29/h9-16,20-24,30,33-34H,5-8,17-19H2,1-4H3,(H,41,45)(H,42,46)(H,44,53)(H,47,54)/t24-,30-,33-,34-/m0/s1. The van der Waals surface area contributed by atoms with Crippen LogP contribution in [0, 0.1) is 0 Å². The molecule has 0 saturated carbocycles. The molecule has 0 radical (unpaired) electrons. The zero-order chi connectivity index (χ0) is 39.3. The lowest BCUT2D eigenvalue weighted by atomic mass is 10.0. The van der Waals surface area contributed by atoms with E-state index in [4.69, 9.17) is 4.74 Å². The molecular formula is C40H46N10O6. The molecule has 5 aromatic rings. The summed E-state index contributed by atoms with van der Waals surface area (Å²) in [6, 6.07) is 14.4. The van der Waals surface area contributed by atoms with E-state index in [-0.39, 0.29) is 30.3 Å². The highest BCUT2D eigenvalue weighted by atomic mass is 16.5. The number of hydrogen-bond acceptors (Lipinski definition) is 9. The normalized spacial score (nSPS) is 17.7. The number of imidazole rings is 3. The van der Waals surface area contributed by atoms with Crippen molar-refractivity contribution in [2.75, 3.05) is 27.3 Å². The van der Waals surface area contributed by atoms with E-state index in [1.807, 2.05) is 37.5 Å². The van der Waals surface area contributed by atoms with Crippen molar-refractivity contribution in [3.63, 3.8) is 0 Å². The zero-order valence-electron chi connectivity index (χ0n) is 31.8. The molecule has 7 rings (SSSR count). The fourth-order valence-corrected chi connectivity index (χ4v) is 7.55. The highest BCUT2D eigenvalue weighted by molar-refractivity contribution is 5.87. The molecule has 2 aliphatic rings. The maximum absolute atomic E-state index is 13.8. The van der Waals surface area contributed by atoms with Crippen molar-refractivity contribution >= 4 is 24.0 Å². The fraction of sp³-hybridized carbons (Fsp3) is 0.375. The Bertz CT molecular complexity index is 2170. The number of aromatic amines is 2. The predicted molar refractivity (Wildman–Crippen MR) is 206 cm³/mol. The molecule has 0 spiro atoms. The molecule has 0 unspecified atom stereocenters. The molecule has 4 N–H and O–H groups in total. The summed E-state index contributed by atoms with van der Waals surface area (Å²) in [5.74, 6) is 1.02. The maximum atomic E-state index is 13.8. The number of carbonyl (C=O) groups excluding carboxylic acids is 4. The third-order valence-electron chi connectivity index (χ3n) is 10.5. The molecular weight excluding hydrogens is 717 g/mol. The SMILES string of the molecule is COC(=O)N[C@@H](C)C(=O)N1CCC[C@H]1c1ncc(-c2ccc(-c3ccc(-c4cnc([C@@H]5CCCN5C(=O)[C@H](Cc5cn(C)cn5)NC(=O)OC)[nH]4)cc3)cc2)[nH]1. The molecule has 56 heavy (non-hydrogen) atoms. The number of aryl methyl sites for hydroxylation is 1. The van der Waals surface area contributed by atoms with Crippen molar-refractivity contribution in [1.82, 2.24) is 49.9 Å². The summed E-state index contributed by atoms with van der Waals surface area (Å²) < 4.78 is 11.3. The van der Waals surface area contributed by atoms with Crippen LogP contribution in [0.3, 0.4) is 0 Å². The lowest BCUT2D eigenvalue weighted by molar-refractivity contribution is -0.135. The number of nitrogens with zero attached hydrogens (tertiary/aromatic N) is 6.